The highest BCUT2D eigenvalue weighted by Crippen LogP contribution is 2.35. The Labute approximate surface area is 149 Å². The molecule has 0 saturated carbocycles. The third-order valence-electron chi connectivity index (χ3n) is 4.72. The van der Waals surface area contributed by atoms with Gasteiger partial charge in [-0.2, -0.15) is 0 Å². The highest BCUT2D eigenvalue weighted by molar-refractivity contribution is 7.13. The van der Waals surface area contributed by atoms with Crippen LogP contribution in [0.5, 0.6) is 11.5 Å². The van der Waals surface area contributed by atoms with Crippen LogP contribution in [0.15, 0.2) is 23.6 Å². The van der Waals surface area contributed by atoms with E-state index in [4.69, 9.17) is 14.6 Å². The van der Waals surface area contributed by atoms with Crippen LogP contribution >= 0.6 is 11.3 Å². The van der Waals surface area contributed by atoms with E-state index in [2.05, 4.69) is 33.8 Å². The maximum atomic E-state index is 11.0. The number of carboxylic acids is 1. The number of carboxylic acid groups (broad SMARTS) is 1. The molecule has 8 heteroatoms. The van der Waals surface area contributed by atoms with Crippen LogP contribution in [0.4, 0.5) is 5.13 Å². The van der Waals surface area contributed by atoms with Crippen LogP contribution in [0.3, 0.4) is 0 Å². The lowest BCUT2D eigenvalue weighted by Crippen LogP contribution is -2.47. The van der Waals surface area contributed by atoms with E-state index in [0.717, 1.165) is 42.8 Å². The topological polar surface area (TPSA) is 75.1 Å². The third-order valence-corrected chi connectivity index (χ3v) is 5.62. The molecule has 7 nitrogen and oxygen atoms in total. The van der Waals surface area contributed by atoms with Crippen molar-refractivity contribution in [1.29, 1.82) is 0 Å². The summed E-state index contributed by atoms with van der Waals surface area (Å²) in [7, 11) is 0. The van der Waals surface area contributed by atoms with Gasteiger partial charge in [0.15, 0.2) is 22.3 Å². The lowest BCUT2D eigenvalue weighted by atomic mass is 10.1. The van der Waals surface area contributed by atoms with Crippen LogP contribution in [0, 0.1) is 0 Å². The van der Waals surface area contributed by atoms with Crippen LogP contribution in [-0.4, -0.2) is 53.9 Å². The summed E-state index contributed by atoms with van der Waals surface area (Å²) in [5, 5.41) is 11.4. The lowest BCUT2D eigenvalue weighted by molar-refractivity contribution is 0.0691. The minimum absolute atomic E-state index is 0.121. The van der Waals surface area contributed by atoms with E-state index in [-0.39, 0.29) is 18.5 Å². The molecule has 1 aromatic carbocycles. The van der Waals surface area contributed by atoms with Crippen LogP contribution in [-0.2, 0) is 0 Å². The molecule has 2 aromatic rings. The van der Waals surface area contributed by atoms with E-state index in [1.165, 1.54) is 16.9 Å². The molecule has 0 aliphatic carbocycles. The number of benzene rings is 1. The van der Waals surface area contributed by atoms with Crippen molar-refractivity contribution in [1.82, 2.24) is 9.88 Å². The second-order valence-corrected chi connectivity index (χ2v) is 6.97. The first-order valence-electron chi connectivity index (χ1n) is 8.19. The van der Waals surface area contributed by atoms with Gasteiger partial charge in [0.2, 0.25) is 6.79 Å². The molecule has 2 aliphatic heterocycles. The van der Waals surface area contributed by atoms with Gasteiger partial charge >= 0.3 is 5.97 Å². The van der Waals surface area contributed by atoms with Gasteiger partial charge in [-0.3, -0.25) is 4.90 Å². The van der Waals surface area contributed by atoms with Gasteiger partial charge in [0, 0.05) is 37.6 Å². The number of hydrogen-bond donors (Lipinski definition) is 1. The number of rotatable bonds is 4. The van der Waals surface area contributed by atoms with Gasteiger partial charge in [0.25, 0.3) is 0 Å². The molecule has 0 spiro atoms. The normalized spacial score (nSPS) is 18.4. The van der Waals surface area contributed by atoms with Crippen molar-refractivity contribution in [3.8, 4) is 11.5 Å². The Bertz CT molecular complexity index is 786. The summed E-state index contributed by atoms with van der Waals surface area (Å²) in [5.41, 5.74) is 1.33. The predicted octanol–water partition coefficient (Wildman–Crippen LogP) is 2.45. The molecule has 4 rings (SSSR count). The van der Waals surface area contributed by atoms with Crippen LogP contribution in [0.25, 0.3) is 0 Å². The minimum atomic E-state index is -0.974. The first-order chi connectivity index (χ1) is 12.1. The summed E-state index contributed by atoms with van der Waals surface area (Å²) in [6.07, 6.45) is 0. The lowest BCUT2D eigenvalue weighted by Gasteiger charge is -2.38. The fourth-order valence-electron chi connectivity index (χ4n) is 3.19. The molecule has 1 unspecified atom stereocenters. The molecule has 3 heterocycles. The zero-order valence-corrected chi connectivity index (χ0v) is 14.7. The predicted molar refractivity (Wildman–Crippen MR) is 93.8 cm³/mol. The van der Waals surface area contributed by atoms with Gasteiger partial charge in [-0.1, -0.05) is 6.07 Å². The fourth-order valence-corrected chi connectivity index (χ4v) is 4.05. The van der Waals surface area contributed by atoms with Gasteiger partial charge in [0.1, 0.15) is 0 Å². The number of thiazole rings is 1. The van der Waals surface area contributed by atoms with Crippen molar-refractivity contribution in [2.75, 3.05) is 37.9 Å². The molecule has 1 saturated heterocycles. The standard InChI is InChI=1S/C17H19N3O4S/c1-11(12-2-3-14-15(8-12)24-10-23-14)19-4-6-20(7-5-19)17-18-13(9-25-17)16(21)22/h2-3,8-9,11H,4-7,10H2,1H3,(H,21,22). The molecule has 1 aromatic heterocycles. The first kappa shape index (κ1) is 16.2. The zero-order valence-electron chi connectivity index (χ0n) is 13.8. The van der Waals surface area contributed by atoms with Crippen molar-refractivity contribution in [2.24, 2.45) is 0 Å². The van der Waals surface area contributed by atoms with E-state index in [0.29, 0.717) is 0 Å². The van der Waals surface area contributed by atoms with E-state index < -0.39 is 5.97 Å². The molecule has 2 aliphatic rings. The number of piperazine rings is 1. The monoisotopic (exact) mass is 361 g/mol. The van der Waals surface area contributed by atoms with E-state index >= 15 is 0 Å². The summed E-state index contributed by atoms with van der Waals surface area (Å²) in [6.45, 7) is 5.95. The smallest absolute Gasteiger partial charge is 0.355 e. The molecule has 1 N–H and O–H groups in total. The summed E-state index contributed by atoms with van der Waals surface area (Å²) in [4.78, 5) is 19.7. The van der Waals surface area contributed by atoms with E-state index in [1.807, 2.05) is 6.07 Å². The molecular formula is C17H19N3O4S. The Morgan fingerprint density at radius 1 is 1.24 bits per heavy atom. The number of carbonyl (C=O) groups is 1. The Hall–Kier alpha value is -2.32. The van der Waals surface area contributed by atoms with Gasteiger partial charge < -0.3 is 19.5 Å². The van der Waals surface area contributed by atoms with Crippen molar-refractivity contribution in [3.05, 3.63) is 34.8 Å². The quantitative estimate of drug-likeness (QED) is 0.896. The number of aromatic nitrogens is 1. The van der Waals surface area contributed by atoms with Crippen molar-refractivity contribution in [2.45, 2.75) is 13.0 Å². The van der Waals surface area contributed by atoms with Gasteiger partial charge in [-0.05, 0) is 24.6 Å². The average molecular weight is 361 g/mol. The molecule has 1 atom stereocenters. The average Bonchev–Trinajstić information content (AvgIpc) is 3.30. The number of hydrogen-bond acceptors (Lipinski definition) is 7. The number of aromatic carboxylic acids is 1. The van der Waals surface area contributed by atoms with Gasteiger partial charge in [0.05, 0.1) is 0 Å². The Kier molecular flexibility index (Phi) is 4.22. The zero-order chi connectivity index (χ0) is 17.4. The van der Waals surface area contributed by atoms with Crippen LogP contribution in [0.1, 0.15) is 29.0 Å². The Balaban J connectivity index is 1.40. The van der Waals surface area contributed by atoms with Gasteiger partial charge in [-0.15, -0.1) is 11.3 Å². The summed E-state index contributed by atoms with van der Waals surface area (Å²) in [5.74, 6) is 0.642. The Morgan fingerprint density at radius 3 is 2.72 bits per heavy atom. The molecule has 1 fully saturated rings. The summed E-state index contributed by atoms with van der Waals surface area (Å²) < 4.78 is 10.8. The number of anilines is 1. The SMILES string of the molecule is CC(c1ccc2c(c1)OCO2)N1CCN(c2nc(C(=O)O)cs2)CC1. The fraction of sp³-hybridized carbons (Fsp3) is 0.412. The highest BCUT2D eigenvalue weighted by Gasteiger charge is 2.25. The molecule has 132 valence electrons. The second kappa shape index (κ2) is 6.53. The minimum Gasteiger partial charge on any atom is -0.476 e. The Morgan fingerprint density at radius 2 is 2.00 bits per heavy atom. The molecule has 0 bridgehead atoms. The molecule has 0 amide bonds. The van der Waals surface area contributed by atoms with Crippen LogP contribution < -0.4 is 14.4 Å². The maximum Gasteiger partial charge on any atom is 0.355 e. The molecular weight excluding hydrogens is 342 g/mol. The third kappa shape index (κ3) is 3.14. The highest BCUT2D eigenvalue weighted by atomic mass is 32.1. The summed E-state index contributed by atoms with van der Waals surface area (Å²) >= 11 is 1.39. The van der Waals surface area contributed by atoms with Crippen molar-refractivity contribution < 1.29 is 19.4 Å². The first-order valence-corrected chi connectivity index (χ1v) is 9.07. The van der Waals surface area contributed by atoms with E-state index in [1.54, 1.807) is 5.38 Å². The number of ether oxygens (including phenoxy) is 2. The van der Waals surface area contributed by atoms with Crippen LogP contribution in [0.2, 0.25) is 0 Å². The number of fused-ring (bicyclic) bond motifs is 1. The second-order valence-electron chi connectivity index (χ2n) is 6.13. The maximum absolute atomic E-state index is 11.0. The molecule has 25 heavy (non-hydrogen) atoms. The van der Waals surface area contributed by atoms with E-state index in [9.17, 15) is 4.79 Å². The summed E-state index contributed by atoms with van der Waals surface area (Å²) in [6, 6.07) is 6.39. The van der Waals surface area contributed by atoms with Crippen molar-refractivity contribution >= 4 is 22.4 Å². The largest absolute Gasteiger partial charge is 0.476 e. The van der Waals surface area contributed by atoms with Gasteiger partial charge in [-0.25, -0.2) is 9.78 Å². The molecule has 0 radical (unpaired) electrons. The van der Waals surface area contributed by atoms with Crippen molar-refractivity contribution in [3.63, 3.8) is 0 Å². The number of nitrogens with zero attached hydrogens (tertiary/aromatic N) is 3.